The fraction of sp³-hybridized carbons (Fsp3) is 0.375. The van der Waals surface area contributed by atoms with Crippen molar-refractivity contribution >= 4 is 15.8 Å². The van der Waals surface area contributed by atoms with Crippen molar-refractivity contribution in [2.75, 3.05) is 18.1 Å². The zero-order valence-electron chi connectivity index (χ0n) is 13.2. The van der Waals surface area contributed by atoms with Crippen LogP contribution in [0.5, 0.6) is 0 Å². The predicted molar refractivity (Wildman–Crippen MR) is 88.8 cm³/mol. The summed E-state index contributed by atoms with van der Waals surface area (Å²) in [6.45, 7) is 2.12. The van der Waals surface area contributed by atoms with Gasteiger partial charge in [-0.05, 0) is 24.6 Å². The van der Waals surface area contributed by atoms with Crippen LogP contribution in [-0.4, -0.2) is 31.2 Å². The van der Waals surface area contributed by atoms with Crippen molar-refractivity contribution in [3.8, 4) is 11.3 Å². The standard InChI is InChI=1S/C16H20FN3O2S/c1-3-4-9-18-16-19-13(11-17)10-15(20-16)12-5-7-14(8-6-12)23(2,21)22/h5-8,10H,3-4,9,11H2,1-2H3,(H,18,19,20). The third kappa shape index (κ3) is 4.72. The first kappa shape index (κ1) is 17.3. The summed E-state index contributed by atoms with van der Waals surface area (Å²) in [5.74, 6) is 0.385. The molecule has 1 N–H and O–H groups in total. The van der Waals surface area contributed by atoms with Gasteiger partial charge in [0.05, 0.1) is 16.3 Å². The molecule has 1 heterocycles. The molecule has 124 valence electrons. The van der Waals surface area contributed by atoms with Crippen LogP contribution in [0.2, 0.25) is 0 Å². The molecule has 0 spiro atoms. The lowest BCUT2D eigenvalue weighted by molar-refractivity contribution is 0.476. The molecule has 23 heavy (non-hydrogen) atoms. The number of halogens is 1. The maximum Gasteiger partial charge on any atom is 0.223 e. The first-order chi connectivity index (χ1) is 10.9. The molecule has 5 nitrogen and oxygen atoms in total. The summed E-state index contributed by atoms with van der Waals surface area (Å²) >= 11 is 0. The molecule has 0 saturated heterocycles. The molecule has 0 aliphatic carbocycles. The molecule has 0 aliphatic rings. The van der Waals surface area contributed by atoms with Gasteiger partial charge in [0.1, 0.15) is 6.67 Å². The topological polar surface area (TPSA) is 72.0 Å². The summed E-state index contributed by atoms with van der Waals surface area (Å²) in [6, 6.07) is 7.94. The molecular formula is C16H20FN3O2S. The van der Waals surface area contributed by atoms with E-state index in [0.717, 1.165) is 25.6 Å². The Balaban J connectivity index is 2.32. The van der Waals surface area contributed by atoms with Crippen molar-refractivity contribution in [2.45, 2.75) is 31.3 Å². The monoisotopic (exact) mass is 337 g/mol. The molecule has 2 rings (SSSR count). The average Bonchev–Trinajstić information content (AvgIpc) is 2.54. The van der Waals surface area contributed by atoms with Crippen LogP contribution >= 0.6 is 0 Å². The normalized spacial score (nSPS) is 11.4. The Hall–Kier alpha value is -2.02. The van der Waals surface area contributed by atoms with E-state index in [1.54, 1.807) is 18.2 Å². The second-order valence-corrected chi connectivity index (χ2v) is 7.29. The van der Waals surface area contributed by atoms with Gasteiger partial charge < -0.3 is 5.32 Å². The second kappa shape index (κ2) is 7.50. The lowest BCUT2D eigenvalue weighted by Gasteiger charge is -2.09. The lowest BCUT2D eigenvalue weighted by atomic mass is 10.1. The highest BCUT2D eigenvalue weighted by molar-refractivity contribution is 7.90. The first-order valence-electron chi connectivity index (χ1n) is 7.42. The number of hydrogen-bond acceptors (Lipinski definition) is 5. The molecule has 0 bridgehead atoms. The number of benzene rings is 1. The molecule has 2 aromatic rings. The Labute approximate surface area is 135 Å². The number of anilines is 1. The van der Waals surface area contributed by atoms with Crippen molar-refractivity contribution in [1.29, 1.82) is 0 Å². The van der Waals surface area contributed by atoms with E-state index in [-0.39, 0.29) is 4.90 Å². The number of nitrogens with one attached hydrogen (secondary N) is 1. The van der Waals surface area contributed by atoms with Crippen molar-refractivity contribution < 1.29 is 12.8 Å². The third-order valence-corrected chi connectivity index (χ3v) is 4.44. The minimum absolute atomic E-state index is 0.238. The molecule has 0 atom stereocenters. The third-order valence-electron chi connectivity index (χ3n) is 3.31. The fourth-order valence-electron chi connectivity index (χ4n) is 2.04. The molecule has 1 aromatic heterocycles. The smallest absolute Gasteiger partial charge is 0.223 e. The predicted octanol–water partition coefficient (Wildman–Crippen LogP) is 3.23. The van der Waals surface area contributed by atoms with Crippen LogP contribution in [0, 0.1) is 0 Å². The van der Waals surface area contributed by atoms with Crippen molar-refractivity contribution in [3.05, 3.63) is 36.0 Å². The number of unbranched alkanes of at least 4 members (excludes halogenated alkanes) is 1. The van der Waals surface area contributed by atoms with Crippen LogP contribution in [0.1, 0.15) is 25.5 Å². The summed E-state index contributed by atoms with van der Waals surface area (Å²) in [4.78, 5) is 8.73. The molecule has 0 saturated carbocycles. The Morgan fingerprint density at radius 2 is 1.87 bits per heavy atom. The number of rotatable bonds is 7. The summed E-state index contributed by atoms with van der Waals surface area (Å²) in [5, 5.41) is 3.08. The summed E-state index contributed by atoms with van der Waals surface area (Å²) in [5.41, 5.74) is 1.57. The molecule has 0 amide bonds. The molecule has 0 aliphatic heterocycles. The Morgan fingerprint density at radius 1 is 1.17 bits per heavy atom. The first-order valence-corrected chi connectivity index (χ1v) is 9.31. The highest BCUT2D eigenvalue weighted by Gasteiger charge is 2.10. The maximum absolute atomic E-state index is 13.0. The highest BCUT2D eigenvalue weighted by Crippen LogP contribution is 2.22. The molecule has 0 radical (unpaired) electrons. The second-order valence-electron chi connectivity index (χ2n) is 5.28. The minimum Gasteiger partial charge on any atom is -0.354 e. The molecule has 0 unspecified atom stereocenters. The number of nitrogens with zero attached hydrogens (tertiary/aromatic N) is 2. The van der Waals surface area contributed by atoms with Crippen molar-refractivity contribution in [3.63, 3.8) is 0 Å². The number of hydrogen-bond donors (Lipinski definition) is 1. The Kier molecular flexibility index (Phi) is 5.65. The van der Waals surface area contributed by atoms with Crippen LogP contribution < -0.4 is 5.32 Å². The van der Waals surface area contributed by atoms with E-state index in [0.29, 0.717) is 22.9 Å². The molecular weight excluding hydrogens is 317 g/mol. The van der Waals surface area contributed by atoms with E-state index in [2.05, 4.69) is 22.2 Å². The van der Waals surface area contributed by atoms with Gasteiger partial charge in [-0.25, -0.2) is 22.8 Å². The van der Waals surface area contributed by atoms with Crippen LogP contribution in [0.15, 0.2) is 35.2 Å². The van der Waals surface area contributed by atoms with E-state index in [1.165, 1.54) is 12.1 Å². The van der Waals surface area contributed by atoms with Crippen molar-refractivity contribution in [2.24, 2.45) is 0 Å². The van der Waals surface area contributed by atoms with E-state index in [4.69, 9.17) is 0 Å². The van der Waals surface area contributed by atoms with E-state index < -0.39 is 16.5 Å². The van der Waals surface area contributed by atoms with Gasteiger partial charge in [-0.2, -0.15) is 0 Å². The quantitative estimate of drug-likeness (QED) is 0.785. The number of aromatic nitrogens is 2. The van der Waals surface area contributed by atoms with Crippen LogP contribution in [0.4, 0.5) is 10.3 Å². The van der Waals surface area contributed by atoms with Gasteiger partial charge in [-0.15, -0.1) is 0 Å². The van der Waals surface area contributed by atoms with Gasteiger partial charge in [0.2, 0.25) is 5.95 Å². The zero-order valence-corrected chi connectivity index (χ0v) is 14.0. The molecule has 0 fully saturated rings. The van der Waals surface area contributed by atoms with Gasteiger partial charge >= 0.3 is 0 Å². The maximum atomic E-state index is 13.0. The Morgan fingerprint density at radius 3 is 2.43 bits per heavy atom. The summed E-state index contributed by atoms with van der Waals surface area (Å²) < 4.78 is 36.0. The largest absolute Gasteiger partial charge is 0.354 e. The van der Waals surface area contributed by atoms with Crippen molar-refractivity contribution in [1.82, 2.24) is 9.97 Å². The lowest BCUT2D eigenvalue weighted by Crippen LogP contribution is -2.07. The van der Waals surface area contributed by atoms with Gasteiger partial charge in [0.15, 0.2) is 9.84 Å². The number of sulfone groups is 1. The molecule has 1 aromatic carbocycles. The minimum atomic E-state index is -3.24. The number of alkyl halides is 1. The average molecular weight is 337 g/mol. The zero-order chi connectivity index (χ0) is 16.9. The van der Waals surface area contributed by atoms with Gasteiger partial charge in [-0.1, -0.05) is 25.5 Å². The summed E-state index contributed by atoms with van der Waals surface area (Å²) in [7, 11) is -3.24. The van der Waals surface area contributed by atoms with E-state index >= 15 is 0 Å². The molecule has 7 heteroatoms. The van der Waals surface area contributed by atoms with E-state index in [9.17, 15) is 12.8 Å². The van der Waals surface area contributed by atoms with Crippen LogP contribution in [-0.2, 0) is 16.5 Å². The van der Waals surface area contributed by atoms with Gasteiger partial charge in [0.25, 0.3) is 0 Å². The SMILES string of the molecule is CCCCNc1nc(CF)cc(-c2ccc(S(C)(=O)=O)cc2)n1. The van der Waals surface area contributed by atoms with Gasteiger partial charge in [0, 0.05) is 18.4 Å². The van der Waals surface area contributed by atoms with Crippen LogP contribution in [0.25, 0.3) is 11.3 Å². The summed E-state index contributed by atoms with van der Waals surface area (Å²) in [6.07, 6.45) is 3.17. The van der Waals surface area contributed by atoms with Crippen LogP contribution in [0.3, 0.4) is 0 Å². The van der Waals surface area contributed by atoms with E-state index in [1.807, 2.05) is 0 Å². The Bertz CT molecular complexity index is 761. The highest BCUT2D eigenvalue weighted by atomic mass is 32.2. The fourth-order valence-corrected chi connectivity index (χ4v) is 2.67. The van der Waals surface area contributed by atoms with Gasteiger partial charge in [-0.3, -0.25) is 0 Å².